The Balaban J connectivity index is 0.00000121. The van der Waals surface area contributed by atoms with E-state index in [9.17, 15) is 4.79 Å². The van der Waals surface area contributed by atoms with Crippen LogP contribution in [0.4, 0.5) is 0 Å². The third-order valence-electron chi connectivity index (χ3n) is 1.22. The summed E-state index contributed by atoms with van der Waals surface area (Å²) in [7, 11) is 0. The molecule has 63 valence electrons. The molecule has 4 nitrogen and oxygen atoms in total. The van der Waals surface area contributed by atoms with Crippen molar-refractivity contribution in [3.8, 4) is 5.75 Å². The first-order valence-electron chi connectivity index (χ1n) is 2.89. The normalized spacial score (nSPS) is 8.42. The maximum Gasteiger partial charge on any atom is 0.339 e. The molecule has 0 saturated heterocycles. The standard InChI is InChI=1S/C7H6O4.Bi/c8-7(9)5-3-1-2-4-6(5)11-10;/h1-4,10H,(H,8,9);. The van der Waals surface area contributed by atoms with Crippen molar-refractivity contribution in [1.82, 2.24) is 0 Å². The van der Waals surface area contributed by atoms with E-state index in [2.05, 4.69) is 4.89 Å². The number of hydrogen-bond donors (Lipinski definition) is 2. The summed E-state index contributed by atoms with van der Waals surface area (Å²) in [6.45, 7) is 0. The van der Waals surface area contributed by atoms with Gasteiger partial charge in [-0.3, -0.25) is 0 Å². The zero-order valence-corrected chi connectivity index (χ0v) is 9.44. The van der Waals surface area contributed by atoms with Gasteiger partial charge in [-0.25, -0.2) is 10.1 Å². The summed E-state index contributed by atoms with van der Waals surface area (Å²) >= 11 is 0. The van der Waals surface area contributed by atoms with Crippen molar-refractivity contribution in [2.45, 2.75) is 0 Å². The van der Waals surface area contributed by atoms with Crippen molar-refractivity contribution < 1.29 is 20.0 Å². The number of carbonyl (C=O) groups is 1. The quantitative estimate of drug-likeness (QED) is 0.465. The summed E-state index contributed by atoms with van der Waals surface area (Å²) in [5, 5.41) is 16.7. The number of para-hydroxylation sites is 1. The number of carboxylic acid groups (broad SMARTS) is 1. The molecule has 5 heteroatoms. The summed E-state index contributed by atoms with van der Waals surface area (Å²) in [6.07, 6.45) is 0. The third-order valence-corrected chi connectivity index (χ3v) is 1.22. The molecule has 1 aromatic rings. The first kappa shape index (κ1) is 11.3. The molecule has 0 fully saturated rings. The fraction of sp³-hybridized carbons (Fsp3) is 0. The van der Waals surface area contributed by atoms with E-state index in [4.69, 9.17) is 10.4 Å². The molecule has 1 rings (SSSR count). The Hall–Kier alpha value is -0.667. The Morgan fingerprint density at radius 1 is 1.33 bits per heavy atom. The largest absolute Gasteiger partial charge is 0.478 e. The molecule has 3 radical (unpaired) electrons. The predicted octanol–water partition coefficient (Wildman–Crippen LogP) is 0.856. The molecule has 0 bridgehead atoms. The van der Waals surface area contributed by atoms with E-state index in [1.807, 2.05) is 0 Å². The van der Waals surface area contributed by atoms with Gasteiger partial charge in [-0.2, -0.15) is 0 Å². The van der Waals surface area contributed by atoms with Crippen LogP contribution in [0.15, 0.2) is 24.3 Å². The van der Waals surface area contributed by atoms with Crippen molar-refractivity contribution in [3.63, 3.8) is 0 Å². The molecule has 0 spiro atoms. The molecule has 2 N–H and O–H groups in total. The van der Waals surface area contributed by atoms with Crippen LogP contribution in [-0.2, 0) is 0 Å². The molecule has 12 heavy (non-hydrogen) atoms. The number of benzene rings is 1. The molecule has 0 saturated carbocycles. The van der Waals surface area contributed by atoms with Gasteiger partial charge in [-0.05, 0) is 12.1 Å². The van der Waals surface area contributed by atoms with Crippen molar-refractivity contribution in [2.24, 2.45) is 0 Å². The predicted molar refractivity (Wildman–Crippen MR) is 42.4 cm³/mol. The minimum Gasteiger partial charge on any atom is -0.478 e. The van der Waals surface area contributed by atoms with Crippen LogP contribution < -0.4 is 4.89 Å². The molecule has 0 atom stereocenters. The van der Waals surface area contributed by atoms with Crippen molar-refractivity contribution in [2.75, 3.05) is 0 Å². The SMILES string of the molecule is O=C(O)c1ccccc1OO.[Bi]. The van der Waals surface area contributed by atoms with Gasteiger partial charge in [0.1, 0.15) is 5.56 Å². The Bertz CT molecular complexity index is 274. The van der Waals surface area contributed by atoms with Gasteiger partial charge in [0.15, 0.2) is 5.75 Å². The van der Waals surface area contributed by atoms with Crippen LogP contribution in [0.2, 0.25) is 0 Å². The van der Waals surface area contributed by atoms with Crippen LogP contribution in [-0.4, -0.2) is 42.5 Å². The van der Waals surface area contributed by atoms with Crippen LogP contribution in [0.3, 0.4) is 0 Å². The molecular weight excluding hydrogens is 357 g/mol. The minimum atomic E-state index is -1.13. The van der Waals surface area contributed by atoms with E-state index in [0.717, 1.165) is 0 Å². The van der Waals surface area contributed by atoms with Crippen molar-refractivity contribution in [3.05, 3.63) is 29.8 Å². The minimum absolute atomic E-state index is 0. The zero-order valence-electron chi connectivity index (χ0n) is 5.97. The van der Waals surface area contributed by atoms with Crippen LogP contribution in [0.5, 0.6) is 5.75 Å². The summed E-state index contributed by atoms with van der Waals surface area (Å²) in [4.78, 5) is 14.2. The van der Waals surface area contributed by atoms with Crippen molar-refractivity contribution in [1.29, 1.82) is 0 Å². The first-order chi connectivity index (χ1) is 5.25. The molecule has 0 amide bonds. The fourth-order valence-corrected chi connectivity index (χ4v) is 0.723. The van der Waals surface area contributed by atoms with Crippen LogP contribution in [0.25, 0.3) is 0 Å². The maximum absolute atomic E-state index is 10.4. The van der Waals surface area contributed by atoms with E-state index in [0.29, 0.717) is 0 Å². The molecule has 0 aliphatic heterocycles. The van der Waals surface area contributed by atoms with Gasteiger partial charge >= 0.3 is 5.97 Å². The summed E-state index contributed by atoms with van der Waals surface area (Å²) in [5.41, 5.74) is -0.0602. The Labute approximate surface area is 87.8 Å². The third kappa shape index (κ3) is 2.43. The van der Waals surface area contributed by atoms with E-state index in [-0.39, 0.29) is 37.5 Å². The maximum atomic E-state index is 10.4. The molecule has 0 aliphatic carbocycles. The van der Waals surface area contributed by atoms with Gasteiger partial charge in [0.05, 0.1) is 0 Å². The number of carboxylic acids is 1. The van der Waals surface area contributed by atoms with E-state index in [1.54, 1.807) is 12.1 Å². The Morgan fingerprint density at radius 3 is 2.33 bits per heavy atom. The number of aromatic carboxylic acids is 1. The first-order valence-corrected chi connectivity index (χ1v) is 2.89. The van der Waals surface area contributed by atoms with Gasteiger partial charge < -0.3 is 9.99 Å². The van der Waals surface area contributed by atoms with Crippen LogP contribution in [0, 0.1) is 0 Å². The molecule has 0 aromatic heterocycles. The van der Waals surface area contributed by atoms with E-state index in [1.165, 1.54) is 12.1 Å². The Morgan fingerprint density at radius 2 is 1.92 bits per heavy atom. The summed E-state index contributed by atoms with van der Waals surface area (Å²) < 4.78 is 0. The fourth-order valence-electron chi connectivity index (χ4n) is 0.723. The van der Waals surface area contributed by atoms with Gasteiger partial charge in [-0.15, -0.1) is 0 Å². The van der Waals surface area contributed by atoms with E-state index >= 15 is 0 Å². The molecule has 1 aromatic carbocycles. The number of rotatable bonds is 2. The smallest absolute Gasteiger partial charge is 0.339 e. The van der Waals surface area contributed by atoms with Crippen LogP contribution >= 0.6 is 0 Å². The second-order valence-corrected chi connectivity index (χ2v) is 1.89. The van der Waals surface area contributed by atoms with Crippen LogP contribution in [0.1, 0.15) is 10.4 Å². The average molecular weight is 363 g/mol. The summed E-state index contributed by atoms with van der Waals surface area (Å²) in [6, 6.07) is 5.82. The summed E-state index contributed by atoms with van der Waals surface area (Å²) in [5.74, 6) is -1.19. The average Bonchev–Trinajstić information content (AvgIpc) is 2.04. The topological polar surface area (TPSA) is 66.8 Å². The Kier molecular flexibility index (Phi) is 4.78. The zero-order chi connectivity index (χ0) is 8.27. The molecule has 0 aliphatic rings. The monoisotopic (exact) mass is 363 g/mol. The van der Waals surface area contributed by atoms with Gasteiger partial charge in [0.2, 0.25) is 0 Å². The number of hydrogen-bond acceptors (Lipinski definition) is 3. The second-order valence-electron chi connectivity index (χ2n) is 1.89. The van der Waals surface area contributed by atoms with E-state index < -0.39 is 5.97 Å². The molecule has 0 unspecified atom stereocenters. The van der Waals surface area contributed by atoms with Gasteiger partial charge in [0.25, 0.3) is 0 Å². The van der Waals surface area contributed by atoms with Gasteiger partial charge in [0, 0.05) is 26.2 Å². The second kappa shape index (κ2) is 5.06. The van der Waals surface area contributed by atoms with Gasteiger partial charge in [-0.1, -0.05) is 12.1 Å². The van der Waals surface area contributed by atoms with Crippen molar-refractivity contribution >= 4 is 32.2 Å². The molecule has 0 heterocycles. The molecular formula is C7H6BiO4.